The fourth-order valence-electron chi connectivity index (χ4n) is 1.55. The van der Waals surface area contributed by atoms with E-state index < -0.39 is 11.6 Å². The third-order valence-corrected chi connectivity index (χ3v) is 2.36. The molecule has 0 fully saturated rings. The van der Waals surface area contributed by atoms with E-state index in [0.717, 1.165) is 6.07 Å². The number of oxazole rings is 1. The minimum absolute atomic E-state index is 0.0329. The van der Waals surface area contributed by atoms with E-state index in [1.165, 1.54) is 18.4 Å². The number of hydrogen-bond donors (Lipinski definition) is 1. The summed E-state index contributed by atoms with van der Waals surface area (Å²) >= 11 is 0. The second kappa shape index (κ2) is 3.31. The van der Waals surface area contributed by atoms with Gasteiger partial charge in [-0.2, -0.15) is 0 Å². The van der Waals surface area contributed by atoms with Gasteiger partial charge < -0.3 is 14.6 Å². The van der Waals surface area contributed by atoms with Gasteiger partial charge in [0.1, 0.15) is 6.26 Å². The van der Waals surface area contributed by atoms with Crippen LogP contribution < -0.4 is 5.73 Å². The van der Waals surface area contributed by atoms with Crippen LogP contribution >= 0.6 is 0 Å². The van der Waals surface area contributed by atoms with Crippen molar-refractivity contribution in [3.63, 3.8) is 0 Å². The number of rotatable bonds is 1. The minimum Gasteiger partial charge on any atom is -0.443 e. The van der Waals surface area contributed by atoms with E-state index >= 15 is 0 Å². The lowest BCUT2D eigenvalue weighted by Gasteiger charge is -1.98. The molecule has 2 aromatic heterocycles. The van der Waals surface area contributed by atoms with Crippen LogP contribution in [0, 0.1) is 11.6 Å². The monoisotopic (exact) mass is 236 g/mol. The Kier molecular flexibility index (Phi) is 1.91. The van der Waals surface area contributed by atoms with E-state index in [4.69, 9.17) is 14.6 Å². The van der Waals surface area contributed by atoms with E-state index in [0.29, 0.717) is 5.52 Å². The number of fused-ring (bicyclic) bond motifs is 1. The number of nitrogens with zero attached hydrogens (tertiary/aromatic N) is 1. The largest absolute Gasteiger partial charge is 0.443 e. The van der Waals surface area contributed by atoms with Gasteiger partial charge in [-0.25, -0.2) is 13.8 Å². The summed E-state index contributed by atoms with van der Waals surface area (Å²) in [6.07, 6.45) is 1.29. The molecule has 0 radical (unpaired) electrons. The molecule has 86 valence electrons. The molecule has 0 saturated carbocycles. The van der Waals surface area contributed by atoms with Gasteiger partial charge in [0.2, 0.25) is 17.4 Å². The summed E-state index contributed by atoms with van der Waals surface area (Å²) in [7, 11) is 0. The normalized spacial score (nSPS) is 11.2. The summed E-state index contributed by atoms with van der Waals surface area (Å²) in [4.78, 5) is 3.96. The van der Waals surface area contributed by atoms with Crippen LogP contribution in [0.3, 0.4) is 0 Å². The highest BCUT2D eigenvalue weighted by atomic mass is 19.2. The van der Waals surface area contributed by atoms with Crippen molar-refractivity contribution in [2.45, 2.75) is 0 Å². The van der Waals surface area contributed by atoms with Gasteiger partial charge in [-0.15, -0.1) is 0 Å². The number of halogens is 2. The molecular formula is C11H6F2N2O2. The van der Waals surface area contributed by atoms with Crippen LogP contribution in [0.25, 0.3) is 22.6 Å². The third-order valence-electron chi connectivity index (χ3n) is 2.36. The Balaban J connectivity index is 2.23. The number of aromatic nitrogens is 1. The van der Waals surface area contributed by atoms with Gasteiger partial charge in [0.25, 0.3) is 0 Å². The first kappa shape index (κ1) is 9.83. The number of nitrogen functional groups attached to an aromatic ring is 1. The van der Waals surface area contributed by atoms with Crippen LogP contribution in [0.1, 0.15) is 0 Å². The van der Waals surface area contributed by atoms with Crippen molar-refractivity contribution in [1.29, 1.82) is 0 Å². The SMILES string of the molecule is Nc1occ2nc(-c3cccc(F)c3F)oc12. The molecule has 0 aliphatic heterocycles. The lowest BCUT2D eigenvalue weighted by molar-refractivity contribution is 0.504. The van der Waals surface area contributed by atoms with Crippen LogP contribution in [0.2, 0.25) is 0 Å². The van der Waals surface area contributed by atoms with Gasteiger partial charge in [-0.3, -0.25) is 0 Å². The average Bonchev–Trinajstić information content (AvgIpc) is 2.85. The lowest BCUT2D eigenvalue weighted by atomic mass is 10.2. The Morgan fingerprint density at radius 3 is 2.82 bits per heavy atom. The molecule has 0 aliphatic carbocycles. The summed E-state index contributed by atoms with van der Waals surface area (Å²) in [5.41, 5.74) is 6.00. The summed E-state index contributed by atoms with van der Waals surface area (Å²) < 4.78 is 36.6. The Morgan fingerprint density at radius 1 is 1.24 bits per heavy atom. The van der Waals surface area contributed by atoms with E-state index in [9.17, 15) is 8.78 Å². The molecule has 3 aromatic rings. The van der Waals surface area contributed by atoms with Crippen LogP contribution in [-0.4, -0.2) is 4.98 Å². The molecule has 2 N–H and O–H groups in total. The van der Waals surface area contributed by atoms with Gasteiger partial charge in [-0.1, -0.05) is 6.07 Å². The van der Waals surface area contributed by atoms with Crippen molar-refractivity contribution in [3.8, 4) is 11.5 Å². The third kappa shape index (κ3) is 1.37. The zero-order valence-corrected chi connectivity index (χ0v) is 8.41. The molecule has 0 saturated heterocycles. The summed E-state index contributed by atoms with van der Waals surface area (Å²) in [5, 5.41) is 0. The summed E-state index contributed by atoms with van der Waals surface area (Å²) in [5.74, 6) is -1.95. The molecule has 0 unspecified atom stereocenters. The average molecular weight is 236 g/mol. The Bertz CT molecular complexity index is 703. The fraction of sp³-hybridized carbons (Fsp3) is 0. The lowest BCUT2D eigenvalue weighted by Crippen LogP contribution is -1.88. The number of nitrogens with two attached hydrogens (primary N) is 1. The topological polar surface area (TPSA) is 65.2 Å². The van der Waals surface area contributed by atoms with E-state index in [1.807, 2.05) is 0 Å². The molecule has 2 heterocycles. The van der Waals surface area contributed by atoms with Crippen molar-refractivity contribution < 1.29 is 17.6 Å². The first-order chi connectivity index (χ1) is 8.16. The van der Waals surface area contributed by atoms with Crippen molar-refractivity contribution in [2.75, 3.05) is 5.73 Å². The highest BCUT2D eigenvalue weighted by Crippen LogP contribution is 2.30. The number of anilines is 1. The van der Waals surface area contributed by atoms with Gasteiger partial charge in [0.15, 0.2) is 17.2 Å². The van der Waals surface area contributed by atoms with E-state index in [1.54, 1.807) is 0 Å². The van der Waals surface area contributed by atoms with Crippen molar-refractivity contribution >= 4 is 17.0 Å². The van der Waals surface area contributed by atoms with Gasteiger partial charge in [-0.05, 0) is 12.1 Å². The van der Waals surface area contributed by atoms with E-state index in [-0.39, 0.29) is 22.9 Å². The maximum atomic E-state index is 13.5. The summed E-state index contributed by atoms with van der Waals surface area (Å²) in [6.45, 7) is 0. The van der Waals surface area contributed by atoms with Gasteiger partial charge in [0.05, 0.1) is 5.56 Å². The zero-order chi connectivity index (χ0) is 12.0. The second-order valence-electron chi connectivity index (χ2n) is 3.43. The quantitative estimate of drug-likeness (QED) is 0.705. The van der Waals surface area contributed by atoms with Crippen LogP contribution in [0.4, 0.5) is 14.7 Å². The summed E-state index contributed by atoms with van der Waals surface area (Å²) in [6, 6.07) is 3.76. The predicted molar refractivity (Wildman–Crippen MR) is 56.0 cm³/mol. The highest BCUT2D eigenvalue weighted by Gasteiger charge is 2.17. The minimum atomic E-state index is -1.01. The highest BCUT2D eigenvalue weighted by molar-refractivity contribution is 5.83. The van der Waals surface area contributed by atoms with Crippen molar-refractivity contribution in [2.24, 2.45) is 0 Å². The number of hydrogen-bond acceptors (Lipinski definition) is 4. The molecule has 0 amide bonds. The first-order valence-electron chi connectivity index (χ1n) is 4.74. The predicted octanol–water partition coefficient (Wildman–Crippen LogP) is 2.95. The number of furan rings is 1. The maximum absolute atomic E-state index is 13.5. The molecule has 4 nitrogen and oxygen atoms in total. The standard InChI is InChI=1S/C11H6F2N2O2/c12-6-3-1-2-5(8(6)13)11-15-7-4-16-10(14)9(7)17-11/h1-4H,14H2. The molecule has 6 heteroatoms. The second-order valence-corrected chi connectivity index (χ2v) is 3.43. The number of benzene rings is 1. The van der Waals surface area contributed by atoms with Crippen molar-refractivity contribution in [3.05, 3.63) is 36.1 Å². The van der Waals surface area contributed by atoms with Crippen LogP contribution in [0.15, 0.2) is 33.3 Å². The molecular weight excluding hydrogens is 230 g/mol. The Morgan fingerprint density at radius 2 is 2.06 bits per heavy atom. The molecule has 0 bridgehead atoms. The Hall–Kier alpha value is -2.37. The fourth-order valence-corrected chi connectivity index (χ4v) is 1.55. The van der Waals surface area contributed by atoms with Crippen LogP contribution in [-0.2, 0) is 0 Å². The molecule has 17 heavy (non-hydrogen) atoms. The zero-order valence-electron chi connectivity index (χ0n) is 8.41. The van der Waals surface area contributed by atoms with Gasteiger partial charge in [0, 0.05) is 0 Å². The molecule has 0 atom stereocenters. The van der Waals surface area contributed by atoms with Gasteiger partial charge >= 0.3 is 0 Å². The molecule has 0 aliphatic rings. The van der Waals surface area contributed by atoms with Crippen LogP contribution in [0.5, 0.6) is 0 Å². The van der Waals surface area contributed by atoms with Crippen molar-refractivity contribution in [1.82, 2.24) is 4.98 Å². The van der Waals surface area contributed by atoms with E-state index in [2.05, 4.69) is 4.98 Å². The molecule has 3 rings (SSSR count). The smallest absolute Gasteiger partial charge is 0.236 e. The first-order valence-corrected chi connectivity index (χ1v) is 4.74. The maximum Gasteiger partial charge on any atom is 0.236 e. The molecule has 1 aromatic carbocycles. The molecule has 0 spiro atoms. The Labute approximate surface area is 93.6 Å².